The Kier molecular flexibility index (Phi) is 4.48. The number of rotatable bonds is 4. The Morgan fingerprint density at radius 2 is 1.86 bits per heavy atom. The van der Waals surface area contributed by atoms with Crippen LogP contribution in [0.5, 0.6) is 5.75 Å². The van der Waals surface area contributed by atoms with Crippen molar-refractivity contribution in [3.8, 4) is 5.75 Å². The van der Waals surface area contributed by atoms with Crippen LogP contribution in [0.15, 0.2) is 29.1 Å². The van der Waals surface area contributed by atoms with Crippen LogP contribution in [0.3, 0.4) is 0 Å². The van der Waals surface area contributed by atoms with Gasteiger partial charge in [-0.15, -0.1) is 0 Å². The molecule has 0 atom stereocenters. The van der Waals surface area contributed by atoms with E-state index < -0.39 is 0 Å². The molecule has 22 heavy (non-hydrogen) atoms. The van der Waals surface area contributed by atoms with Crippen LogP contribution in [0.25, 0.3) is 10.9 Å². The first-order valence-corrected chi connectivity index (χ1v) is 8.09. The van der Waals surface area contributed by atoms with Crippen molar-refractivity contribution in [2.75, 3.05) is 26.7 Å². The highest BCUT2D eigenvalue weighted by Gasteiger charge is 2.12. The smallest absolute Gasteiger partial charge is 0.251 e. The highest BCUT2D eigenvalue weighted by atomic mass is 16.5. The molecule has 0 bridgehead atoms. The molecule has 0 radical (unpaired) electrons. The molecule has 0 amide bonds. The third kappa shape index (κ3) is 3.02. The third-order valence-corrected chi connectivity index (χ3v) is 4.62. The van der Waals surface area contributed by atoms with Gasteiger partial charge in [0, 0.05) is 30.6 Å². The zero-order valence-electron chi connectivity index (χ0n) is 13.5. The molecule has 2 aromatic rings. The molecule has 1 aliphatic rings. The van der Waals surface area contributed by atoms with E-state index in [0.717, 1.165) is 48.4 Å². The molecule has 0 aliphatic carbocycles. The first-order valence-electron chi connectivity index (χ1n) is 8.09. The number of hydrogen-bond acceptors (Lipinski definition) is 3. The summed E-state index contributed by atoms with van der Waals surface area (Å²) in [5.74, 6) is 0.796. The molecule has 0 N–H and O–H groups in total. The van der Waals surface area contributed by atoms with Gasteiger partial charge in [-0.05, 0) is 50.6 Å². The van der Waals surface area contributed by atoms with E-state index in [1.807, 2.05) is 29.7 Å². The molecular formula is C18H24N2O2. The Bertz CT molecular complexity index is 715. The summed E-state index contributed by atoms with van der Waals surface area (Å²) in [6, 6.07) is 7.71. The third-order valence-electron chi connectivity index (χ3n) is 4.62. The number of aromatic nitrogens is 1. The maximum absolute atomic E-state index is 12.4. The Hall–Kier alpha value is -1.81. The van der Waals surface area contributed by atoms with E-state index in [-0.39, 0.29) is 5.56 Å². The molecule has 1 saturated heterocycles. The number of hydrogen-bond donors (Lipinski definition) is 0. The fourth-order valence-corrected chi connectivity index (χ4v) is 3.31. The molecule has 2 heterocycles. The largest absolute Gasteiger partial charge is 0.497 e. The van der Waals surface area contributed by atoms with Crippen LogP contribution >= 0.6 is 0 Å². The number of benzene rings is 1. The number of ether oxygens (including phenoxy) is 1. The zero-order valence-corrected chi connectivity index (χ0v) is 13.5. The Morgan fingerprint density at radius 1 is 1.09 bits per heavy atom. The lowest BCUT2D eigenvalue weighted by atomic mass is 10.1. The Morgan fingerprint density at radius 3 is 2.59 bits per heavy atom. The van der Waals surface area contributed by atoms with Gasteiger partial charge in [0.1, 0.15) is 5.75 Å². The van der Waals surface area contributed by atoms with Crippen molar-refractivity contribution in [3.63, 3.8) is 0 Å². The molecule has 3 rings (SSSR count). The van der Waals surface area contributed by atoms with Crippen molar-refractivity contribution < 1.29 is 4.74 Å². The quantitative estimate of drug-likeness (QED) is 0.871. The molecule has 0 saturated carbocycles. The molecule has 118 valence electrons. The summed E-state index contributed by atoms with van der Waals surface area (Å²) in [6.45, 7) is 5.98. The highest BCUT2D eigenvalue weighted by molar-refractivity contribution is 5.83. The number of aryl methyl sites for hydroxylation is 1. The molecule has 1 aromatic carbocycles. The standard InChI is InChI=1S/C18H24N2O2/c1-14-12-18(21)20(11-10-19-8-4-3-5-9-19)17-13-15(22-2)6-7-16(14)17/h6-7,12-13H,3-5,8-11H2,1-2H3. The number of nitrogens with zero attached hydrogens (tertiary/aromatic N) is 2. The van der Waals surface area contributed by atoms with Crippen molar-refractivity contribution in [1.29, 1.82) is 0 Å². The summed E-state index contributed by atoms with van der Waals surface area (Å²) < 4.78 is 7.21. The normalized spacial score (nSPS) is 16.1. The van der Waals surface area contributed by atoms with E-state index >= 15 is 0 Å². The van der Waals surface area contributed by atoms with Gasteiger partial charge in [0.2, 0.25) is 0 Å². The summed E-state index contributed by atoms with van der Waals surface area (Å²) >= 11 is 0. The number of fused-ring (bicyclic) bond motifs is 1. The second-order valence-electron chi connectivity index (χ2n) is 6.10. The van der Waals surface area contributed by atoms with Crippen molar-refractivity contribution >= 4 is 10.9 Å². The number of likely N-dealkylation sites (tertiary alicyclic amines) is 1. The first kappa shape index (κ1) is 15.1. The van der Waals surface area contributed by atoms with Gasteiger partial charge in [-0.25, -0.2) is 0 Å². The fraction of sp³-hybridized carbons (Fsp3) is 0.500. The zero-order chi connectivity index (χ0) is 15.5. The van der Waals surface area contributed by atoms with Crippen molar-refractivity contribution in [1.82, 2.24) is 9.47 Å². The maximum Gasteiger partial charge on any atom is 0.251 e. The summed E-state index contributed by atoms with van der Waals surface area (Å²) in [7, 11) is 1.66. The minimum Gasteiger partial charge on any atom is -0.497 e. The van der Waals surface area contributed by atoms with E-state index in [9.17, 15) is 4.79 Å². The van der Waals surface area contributed by atoms with Crippen LogP contribution in [0, 0.1) is 6.92 Å². The second-order valence-corrected chi connectivity index (χ2v) is 6.10. The van der Waals surface area contributed by atoms with Gasteiger partial charge >= 0.3 is 0 Å². The van der Waals surface area contributed by atoms with Gasteiger partial charge in [0.25, 0.3) is 5.56 Å². The van der Waals surface area contributed by atoms with E-state index in [4.69, 9.17) is 4.74 Å². The van der Waals surface area contributed by atoms with Crippen LogP contribution in [0.2, 0.25) is 0 Å². The number of pyridine rings is 1. The lowest BCUT2D eigenvalue weighted by molar-refractivity contribution is 0.221. The van der Waals surface area contributed by atoms with Gasteiger partial charge < -0.3 is 14.2 Å². The minimum absolute atomic E-state index is 0.0789. The van der Waals surface area contributed by atoms with Crippen LogP contribution in [-0.4, -0.2) is 36.2 Å². The SMILES string of the molecule is COc1ccc2c(C)cc(=O)n(CCN3CCCCC3)c2c1. The van der Waals surface area contributed by atoms with Gasteiger partial charge in [-0.1, -0.05) is 6.42 Å². The maximum atomic E-state index is 12.4. The summed E-state index contributed by atoms with van der Waals surface area (Å²) in [4.78, 5) is 14.9. The summed E-state index contributed by atoms with van der Waals surface area (Å²) in [5, 5.41) is 1.12. The molecule has 1 aliphatic heterocycles. The van der Waals surface area contributed by atoms with Crippen molar-refractivity contribution in [2.45, 2.75) is 32.7 Å². The van der Waals surface area contributed by atoms with Crippen LogP contribution in [-0.2, 0) is 6.54 Å². The van der Waals surface area contributed by atoms with E-state index in [2.05, 4.69) is 4.90 Å². The average Bonchev–Trinajstić information content (AvgIpc) is 2.55. The van der Waals surface area contributed by atoms with Gasteiger partial charge in [0.15, 0.2) is 0 Å². The minimum atomic E-state index is 0.0789. The fourth-order valence-electron chi connectivity index (χ4n) is 3.31. The molecule has 1 fully saturated rings. The highest BCUT2D eigenvalue weighted by Crippen LogP contribution is 2.22. The molecule has 4 nitrogen and oxygen atoms in total. The monoisotopic (exact) mass is 300 g/mol. The molecular weight excluding hydrogens is 276 g/mol. The molecule has 0 unspecified atom stereocenters. The van der Waals surface area contributed by atoms with Crippen LogP contribution in [0.1, 0.15) is 24.8 Å². The Labute approximate surface area is 131 Å². The Balaban J connectivity index is 1.94. The first-order chi connectivity index (χ1) is 10.7. The lowest BCUT2D eigenvalue weighted by Crippen LogP contribution is -2.34. The molecule has 0 spiro atoms. The number of methoxy groups -OCH3 is 1. The second kappa shape index (κ2) is 6.53. The topological polar surface area (TPSA) is 34.5 Å². The van der Waals surface area contributed by atoms with Gasteiger partial charge in [0.05, 0.1) is 12.6 Å². The predicted molar refractivity (Wildman–Crippen MR) is 89.8 cm³/mol. The number of piperidine rings is 1. The average molecular weight is 300 g/mol. The van der Waals surface area contributed by atoms with Crippen molar-refractivity contribution in [2.24, 2.45) is 0 Å². The summed E-state index contributed by atoms with van der Waals surface area (Å²) in [6.07, 6.45) is 3.88. The predicted octanol–water partition coefficient (Wildman–Crippen LogP) is 2.80. The molecule has 4 heteroatoms. The van der Waals surface area contributed by atoms with E-state index in [1.165, 1.54) is 19.3 Å². The van der Waals surface area contributed by atoms with Gasteiger partial charge in [-0.2, -0.15) is 0 Å². The van der Waals surface area contributed by atoms with E-state index in [1.54, 1.807) is 13.2 Å². The van der Waals surface area contributed by atoms with E-state index in [0.29, 0.717) is 0 Å². The summed E-state index contributed by atoms with van der Waals surface area (Å²) in [5.41, 5.74) is 2.08. The van der Waals surface area contributed by atoms with Gasteiger partial charge in [-0.3, -0.25) is 4.79 Å². The molecule has 1 aromatic heterocycles. The van der Waals surface area contributed by atoms with Crippen LogP contribution in [0.4, 0.5) is 0 Å². The lowest BCUT2D eigenvalue weighted by Gasteiger charge is -2.27. The van der Waals surface area contributed by atoms with Crippen molar-refractivity contribution in [3.05, 3.63) is 40.2 Å². The van der Waals surface area contributed by atoms with Crippen LogP contribution < -0.4 is 10.3 Å².